The second-order valence-corrected chi connectivity index (χ2v) is 15.0. The lowest BCUT2D eigenvalue weighted by molar-refractivity contribution is -0.137. The number of hydrogen-bond donors (Lipinski definition) is 0. The molecule has 328 valence electrons. The molecule has 0 fully saturated rings. The van der Waals surface area contributed by atoms with Crippen LogP contribution in [0.25, 0.3) is 0 Å². The molecule has 11 nitrogen and oxygen atoms in total. The van der Waals surface area contributed by atoms with Crippen LogP contribution < -0.4 is 4.74 Å². The summed E-state index contributed by atoms with van der Waals surface area (Å²) in [4.78, 5) is 67.4. The molecule has 0 heterocycles. The van der Waals surface area contributed by atoms with Crippen LogP contribution in [0.1, 0.15) is 59.7 Å². The molecule has 0 saturated heterocycles. The van der Waals surface area contributed by atoms with E-state index in [0.29, 0.717) is 38.9 Å². The average molecular weight is 923 g/mol. The molecule has 0 amide bonds. The van der Waals surface area contributed by atoms with Gasteiger partial charge < -0.3 is 4.74 Å². The minimum Gasteiger partial charge on any atom is -0.493 e. The third-order valence-corrected chi connectivity index (χ3v) is 9.21. The Morgan fingerprint density at radius 2 is 0.968 bits per heavy atom. The quantitative estimate of drug-likeness (QED) is 0.122. The Kier molecular flexibility index (Phi) is 23.1. The second kappa shape index (κ2) is 26.7. The Labute approximate surface area is 377 Å². The van der Waals surface area contributed by atoms with Crippen molar-refractivity contribution in [1.29, 1.82) is 0 Å². The number of para-hydroxylation sites is 3. The third-order valence-electron chi connectivity index (χ3n) is 8.28. The van der Waals surface area contributed by atoms with Crippen molar-refractivity contribution in [3.63, 3.8) is 0 Å². The molecule has 0 aliphatic carbocycles. The van der Waals surface area contributed by atoms with Crippen molar-refractivity contribution in [2.45, 2.75) is 67.0 Å². The van der Waals surface area contributed by atoms with Gasteiger partial charge in [-0.3, -0.25) is 0 Å². The summed E-state index contributed by atoms with van der Waals surface area (Å²) < 4.78 is 41.4. The van der Waals surface area contributed by atoms with E-state index in [-0.39, 0.29) is 16.1 Å². The van der Waals surface area contributed by atoms with E-state index in [1.165, 1.54) is 24.8 Å². The minimum atomic E-state index is -4.47. The summed E-state index contributed by atoms with van der Waals surface area (Å²) in [6.45, 7) is 16.1. The van der Waals surface area contributed by atoms with Gasteiger partial charge in [-0.25, -0.2) is 24.0 Å². The normalized spacial score (nSPS) is 9.83. The molecular formula is C46H41Cl3F3N5O6. The first-order valence-electron chi connectivity index (χ1n) is 18.1. The number of benzene rings is 5. The molecule has 0 unspecified atom stereocenters. The van der Waals surface area contributed by atoms with Crippen molar-refractivity contribution in [3.8, 4) is 5.75 Å². The molecule has 0 saturated carbocycles. The Hall–Kier alpha value is -6.54. The summed E-state index contributed by atoms with van der Waals surface area (Å²) in [5.74, 6) is 0.391. The van der Waals surface area contributed by atoms with Gasteiger partial charge in [0.25, 0.3) is 0 Å². The molecule has 5 aromatic carbocycles. The summed E-state index contributed by atoms with van der Waals surface area (Å²) in [5.41, 5.74) is 7.58. The first kappa shape index (κ1) is 54.5. The molecule has 0 bridgehead atoms. The fourth-order valence-corrected chi connectivity index (χ4v) is 5.71. The predicted octanol–water partition coefficient (Wildman–Crippen LogP) is 14.1. The fraction of sp³-hybridized carbons (Fsp3) is 0.239. The van der Waals surface area contributed by atoms with Gasteiger partial charge in [0.05, 0.1) is 50.5 Å². The van der Waals surface area contributed by atoms with E-state index < -0.39 is 11.7 Å². The number of ether oxygens (including phenoxy) is 1. The number of aryl methyl sites for hydroxylation is 5. The van der Waals surface area contributed by atoms with E-state index in [0.717, 1.165) is 51.7 Å². The molecule has 0 radical (unpaired) electrons. The smallest absolute Gasteiger partial charge is 0.416 e. The highest BCUT2D eigenvalue weighted by Crippen LogP contribution is 2.36. The van der Waals surface area contributed by atoms with Crippen LogP contribution in [0.5, 0.6) is 5.75 Å². The first-order chi connectivity index (χ1) is 29.6. The minimum absolute atomic E-state index is 0.00169. The summed E-state index contributed by atoms with van der Waals surface area (Å²) >= 11 is 17.0. The SMILES string of the molecule is COc1c(Cl)cccc1N=C=O.Cc1cc(C)c(N=C=O)cc1C.Cc1cccc(C(C)(C)C)c1N=C=O.Cc1cccc(Cl)c1N=C=O.O=C=Nc1cc(C(F)(F)F)ccc1Cl. The van der Waals surface area contributed by atoms with Gasteiger partial charge in [-0.2, -0.15) is 38.1 Å². The first-order valence-corrected chi connectivity index (χ1v) is 19.3. The fourth-order valence-electron chi connectivity index (χ4n) is 5.04. The summed E-state index contributed by atoms with van der Waals surface area (Å²) in [5, 5.41) is 0.878. The maximum Gasteiger partial charge on any atom is 0.416 e. The lowest BCUT2D eigenvalue weighted by atomic mass is 9.85. The number of carbonyl (C=O) groups excluding carboxylic acids is 5. The number of alkyl halides is 3. The zero-order valence-electron chi connectivity index (χ0n) is 35.5. The van der Waals surface area contributed by atoms with Crippen LogP contribution in [0.15, 0.2) is 110 Å². The lowest BCUT2D eigenvalue weighted by Gasteiger charge is -2.21. The Morgan fingerprint density at radius 3 is 1.49 bits per heavy atom. The van der Waals surface area contributed by atoms with Crippen LogP contribution in [-0.2, 0) is 35.6 Å². The molecule has 63 heavy (non-hydrogen) atoms. The van der Waals surface area contributed by atoms with Crippen molar-refractivity contribution in [2.24, 2.45) is 25.0 Å². The van der Waals surface area contributed by atoms with Gasteiger partial charge in [0, 0.05) is 0 Å². The maximum atomic E-state index is 12.2. The predicted molar refractivity (Wildman–Crippen MR) is 240 cm³/mol. The van der Waals surface area contributed by atoms with Gasteiger partial charge >= 0.3 is 6.18 Å². The van der Waals surface area contributed by atoms with Crippen molar-refractivity contribution in [2.75, 3.05) is 7.11 Å². The molecule has 5 rings (SSSR count). The van der Waals surface area contributed by atoms with Crippen LogP contribution in [0, 0.1) is 34.6 Å². The standard InChI is InChI=1S/C12H15NO.C10H11NO.C8H3ClF3NO.C8H6ClNO2.C8H6ClNO/c1-9-6-5-7-10(12(2,3)4)11(9)13-8-14;1-7-4-9(3)10(11-6-12)5-8(7)2;9-6-2-1-5(8(10,11)12)3-7(6)13-4-14;1-12-8-6(9)3-2-4-7(8)10-5-11;1-6-3-2-4-7(9)8(6)10-5-11/h5-7H,1-4H3;4-5H,1-3H3;1-3H;2-4H,1H3;2-4H,1H3. The molecule has 17 heteroatoms. The van der Waals surface area contributed by atoms with E-state index in [1.54, 1.807) is 36.4 Å². The molecule has 0 aromatic heterocycles. The summed E-state index contributed by atoms with van der Waals surface area (Å²) in [6, 6.07) is 22.7. The zero-order valence-corrected chi connectivity index (χ0v) is 37.8. The van der Waals surface area contributed by atoms with E-state index >= 15 is 0 Å². The van der Waals surface area contributed by atoms with Crippen LogP contribution in [0.4, 0.5) is 41.6 Å². The number of hydrogen-bond acceptors (Lipinski definition) is 11. The van der Waals surface area contributed by atoms with E-state index in [2.05, 4.69) is 45.7 Å². The molecular weight excluding hydrogens is 882 g/mol. The molecule has 0 aliphatic rings. The maximum absolute atomic E-state index is 12.2. The van der Waals surface area contributed by atoms with Crippen LogP contribution >= 0.6 is 34.8 Å². The number of halogens is 6. The zero-order chi connectivity index (χ0) is 47.9. The van der Waals surface area contributed by atoms with Gasteiger partial charge in [-0.05, 0) is 116 Å². The van der Waals surface area contributed by atoms with Crippen molar-refractivity contribution in [3.05, 3.63) is 139 Å². The number of rotatable bonds is 6. The monoisotopic (exact) mass is 921 g/mol. The topological polar surface area (TPSA) is 156 Å². The van der Waals surface area contributed by atoms with Gasteiger partial charge in [0.15, 0.2) is 5.75 Å². The molecule has 0 atom stereocenters. The highest BCUT2D eigenvalue weighted by molar-refractivity contribution is 6.33. The second-order valence-electron chi connectivity index (χ2n) is 13.8. The molecule has 0 spiro atoms. The molecule has 5 aromatic rings. The number of methoxy groups -OCH3 is 1. The van der Waals surface area contributed by atoms with Crippen molar-refractivity contribution >= 4 is 93.6 Å². The Balaban J connectivity index is 0.000000395. The lowest BCUT2D eigenvalue weighted by Crippen LogP contribution is -2.11. The van der Waals surface area contributed by atoms with Crippen LogP contribution in [-0.4, -0.2) is 37.5 Å². The third kappa shape index (κ3) is 18.1. The van der Waals surface area contributed by atoms with E-state index in [9.17, 15) is 37.1 Å². The highest BCUT2D eigenvalue weighted by Gasteiger charge is 2.31. The Bertz CT molecular complexity index is 2600. The van der Waals surface area contributed by atoms with Crippen molar-refractivity contribution in [1.82, 2.24) is 0 Å². The summed E-state index contributed by atoms with van der Waals surface area (Å²) in [7, 11) is 1.46. The largest absolute Gasteiger partial charge is 0.493 e. The van der Waals surface area contributed by atoms with Crippen LogP contribution in [0.3, 0.4) is 0 Å². The molecule has 0 aliphatic heterocycles. The highest BCUT2D eigenvalue weighted by atomic mass is 35.5. The van der Waals surface area contributed by atoms with Gasteiger partial charge in [0.1, 0.15) is 5.69 Å². The summed E-state index contributed by atoms with van der Waals surface area (Å²) in [6.07, 6.45) is 2.69. The number of nitrogens with zero attached hydrogens (tertiary/aromatic N) is 5. The average Bonchev–Trinajstić information content (AvgIpc) is 3.21. The molecule has 0 N–H and O–H groups in total. The van der Waals surface area contributed by atoms with Crippen LogP contribution in [0.2, 0.25) is 15.1 Å². The van der Waals surface area contributed by atoms with Gasteiger partial charge in [-0.1, -0.05) is 98.0 Å². The van der Waals surface area contributed by atoms with E-state index in [1.807, 2.05) is 77.1 Å². The van der Waals surface area contributed by atoms with Gasteiger partial charge in [0.2, 0.25) is 30.4 Å². The Morgan fingerprint density at radius 1 is 0.492 bits per heavy atom. The number of aliphatic imine (C=N–C) groups is 5. The van der Waals surface area contributed by atoms with Crippen molar-refractivity contribution < 1.29 is 41.9 Å². The number of isocyanates is 5. The van der Waals surface area contributed by atoms with Gasteiger partial charge in [-0.15, -0.1) is 0 Å². The van der Waals surface area contributed by atoms with E-state index in [4.69, 9.17) is 39.5 Å².